The Kier molecular flexibility index (Phi) is 2.92. The van der Waals surface area contributed by atoms with Gasteiger partial charge in [0.2, 0.25) is 12.4 Å². The highest BCUT2D eigenvalue weighted by molar-refractivity contribution is 7.89. The summed E-state index contributed by atoms with van der Waals surface area (Å²) in [4.78, 5) is 16.2. The van der Waals surface area contributed by atoms with Gasteiger partial charge in [-0.05, 0) is 12.0 Å². The van der Waals surface area contributed by atoms with Crippen LogP contribution >= 0.6 is 12.4 Å². The lowest BCUT2D eigenvalue weighted by Crippen LogP contribution is -2.37. The molecule has 0 aromatic carbocycles. The third kappa shape index (κ3) is 1.75. The topological polar surface area (TPSA) is 54.5 Å². The summed E-state index contributed by atoms with van der Waals surface area (Å²) in [7, 11) is 0. The van der Waals surface area contributed by atoms with E-state index in [4.69, 9.17) is 0 Å². The number of hydrogen-bond donors (Lipinski definition) is 1. The molecular formula is C11H10FN3O2S. The molecule has 0 unspecified atom stereocenters. The van der Waals surface area contributed by atoms with Gasteiger partial charge in [0.25, 0.3) is 5.91 Å². The molecule has 0 fully saturated rings. The monoisotopic (exact) mass is 267 g/mol. The van der Waals surface area contributed by atoms with Crippen molar-refractivity contribution in [1.29, 1.82) is 0 Å². The van der Waals surface area contributed by atoms with Crippen molar-refractivity contribution < 1.29 is 13.0 Å². The number of rotatable bonds is 2. The summed E-state index contributed by atoms with van der Waals surface area (Å²) < 4.78 is 16.6. The van der Waals surface area contributed by atoms with Crippen LogP contribution in [0.4, 0.5) is 9.57 Å². The number of carbonyl (C=O) groups is 1. The summed E-state index contributed by atoms with van der Waals surface area (Å²) >= 11 is -0.334. The molecule has 5 nitrogen and oxygen atoms in total. The third-order valence-electron chi connectivity index (χ3n) is 3.03. The molecular weight excluding hydrogens is 257 g/mol. The summed E-state index contributed by atoms with van der Waals surface area (Å²) in [6.45, 7) is 1.09. The molecule has 2 aliphatic rings. The molecule has 0 bridgehead atoms. The summed E-state index contributed by atoms with van der Waals surface area (Å²) in [6, 6.07) is 0. The second-order valence-electron chi connectivity index (χ2n) is 3.99. The van der Waals surface area contributed by atoms with Gasteiger partial charge in [0, 0.05) is 12.1 Å². The van der Waals surface area contributed by atoms with Crippen LogP contribution in [0.2, 0.25) is 0 Å². The number of pyridine rings is 1. The van der Waals surface area contributed by atoms with Crippen molar-refractivity contribution in [2.24, 2.45) is 0 Å². The molecule has 0 aliphatic carbocycles. The van der Waals surface area contributed by atoms with E-state index in [1.165, 1.54) is 0 Å². The third-order valence-corrected chi connectivity index (χ3v) is 3.27. The first-order valence-electron chi connectivity index (χ1n) is 5.51. The first-order chi connectivity index (χ1) is 8.81. The minimum absolute atomic E-state index is 0.328. The minimum atomic E-state index is -0.400. The maximum Gasteiger partial charge on any atom is 0.297 e. The van der Waals surface area contributed by atoms with E-state index in [0.717, 1.165) is 28.4 Å². The van der Waals surface area contributed by atoms with E-state index in [-0.39, 0.29) is 12.4 Å². The van der Waals surface area contributed by atoms with E-state index in [0.29, 0.717) is 18.7 Å². The van der Waals surface area contributed by atoms with Gasteiger partial charge in [-0.25, -0.2) is 4.98 Å². The molecule has 3 heterocycles. The zero-order valence-electron chi connectivity index (χ0n) is 9.35. The van der Waals surface area contributed by atoms with Gasteiger partial charge in [0.15, 0.2) is 0 Å². The number of nitrogens with one attached hydrogen (secondary N) is 1. The van der Waals surface area contributed by atoms with E-state index in [1.54, 1.807) is 6.20 Å². The average molecular weight is 267 g/mol. The maximum atomic E-state index is 12.1. The first kappa shape index (κ1) is 11.5. The predicted octanol–water partition coefficient (Wildman–Crippen LogP) is 1.98. The number of hydroxylamine groups is 2. The number of nitrogens with zero attached hydrogens (tertiary/aromatic N) is 2. The standard InChI is InChI=1S/C11H10FN3O2S/c12-18-17-15-5-3-8-7-2-1-4-13-9(7)6-14-10(8)11(15)16/h1-2,6,13H,3-5H2. The van der Waals surface area contributed by atoms with E-state index in [9.17, 15) is 8.68 Å². The van der Waals surface area contributed by atoms with Crippen LogP contribution in [0.5, 0.6) is 0 Å². The normalized spacial score (nSPS) is 17.2. The molecule has 0 radical (unpaired) electrons. The molecule has 1 aromatic rings. The molecule has 0 spiro atoms. The van der Waals surface area contributed by atoms with Crippen molar-refractivity contribution >= 4 is 30.1 Å². The fraction of sp³-hybridized carbons (Fsp3) is 0.273. The van der Waals surface area contributed by atoms with Crippen LogP contribution in [0.1, 0.15) is 21.6 Å². The SMILES string of the molecule is O=C1c2ncc3c(c2CCN1OSF)C=CCN3. The number of aromatic nitrogens is 1. The predicted molar refractivity (Wildman–Crippen MR) is 66.3 cm³/mol. The Balaban J connectivity index is 2.03. The van der Waals surface area contributed by atoms with Crippen LogP contribution in [0.3, 0.4) is 0 Å². The smallest absolute Gasteiger partial charge is 0.297 e. The first-order valence-corrected chi connectivity index (χ1v) is 6.15. The van der Waals surface area contributed by atoms with Crippen molar-refractivity contribution in [2.45, 2.75) is 6.42 Å². The van der Waals surface area contributed by atoms with Crippen LogP contribution in [-0.2, 0) is 10.7 Å². The molecule has 1 amide bonds. The summed E-state index contributed by atoms with van der Waals surface area (Å²) in [5.41, 5.74) is 3.15. The van der Waals surface area contributed by atoms with Gasteiger partial charge in [-0.2, -0.15) is 9.35 Å². The average Bonchev–Trinajstić information content (AvgIpc) is 2.42. The molecule has 0 atom stereocenters. The zero-order chi connectivity index (χ0) is 12.5. The van der Waals surface area contributed by atoms with Crippen LogP contribution in [0.25, 0.3) is 6.08 Å². The fourth-order valence-corrected chi connectivity index (χ4v) is 2.43. The Labute approximate surface area is 107 Å². The van der Waals surface area contributed by atoms with Gasteiger partial charge in [0.05, 0.1) is 18.4 Å². The second-order valence-corrected chi connectivity index (χ2v) is 4.27. The van der Waals surface area contributed by atoms with Gasteiger partial charge in [-0.15, -0.1) is 3.89 Å². The number of halogens is 1. The fourth-order valence-electron chi connectivity index (χ4n) is 2.22. The van der Waals surface area contributed by atoms with Crippen LogP contribution in [-0.4, -0.2) is 29.0 Å². The largest absolute Gasteiger partial charge is 0.380 e. The highest BCUT2D eigenvalue weighted by atomic mass is 32.2. The molecule has 7 heteroatoms. The van der Waals surface area contributed by atoms with Crippen molar-refractivity contribution in [1.82, 2.24) is 10.0 Å². The van der Waals surface area contributed by atoms with Crippen molar-refractivity contribution in [3.63, 3.8) is 0 Å². The molecule has 18 heavy (non-hydrogen) atoms. The Bertz CT molecular complexity index is 535. The zero-order valence-corrected chi connectivity index (χ0v) is 10.2. The Hall–Kier alpha value is -1.60. The molecule has 2 aliphatic heterocycles. The Morgan fingerprint density at radius 2 is 2.44 bits per heavy atom. The maximum absolute atomic E-state index is 12.1. The number of amides is 1. The summed E-state index contributed by atoms with van der Waals surface area (Å²) in [6.07, 6.45) is 6.21. The van der Waals surface area contributed by atoms with Crippen molar-refractivity contribution in [3.05, 3.63) is 29.1 Å². The second kappa shape index (κ2) is 4.58. The summed E-state index contributed by atoms with van der Waals surface area (Å²) in [5.74, 6) is -0.400. The molecule has 0 saturated heterocycles. The molecule has 94 valence electrons. The quantitative estimate of drug-likeness (QED) is 0.830. The number of carbonyl (C=O) groups excluding carboxylic acids is 1. The highest BCUT2D eigenvalue weighted by Crippen LogP contribution is 2.30. The lowest BCUT2D eigenvalue weighted by molar-refractivity contribution is -0.0229. The van der Waals surface area contributed by atoms with Crippen LogP contribution in [0, 0.1) is 0 Å². The van der Waals surface area contributed by atoms with E-state index >= 15 is 0 Å². The Morgan fingerprint density at radius 1 is 1.56 bits per heavy atom. The lowest BCUT2D eigenvalue weighted by atomic mass is 9.96. The van der Waals surface area contributed by atoms with E-state index in [2.05, 4.69) is 14.6 Å². The van der Waals surface area contributed by atoms with Crippen molar-refractivity contribution in [2.75, 3.05) is 18.4 Å². The minimum Gasteiger partial charge on any atom is -0.380 e. The van der Waals surface area contributed by atoms with Gasteiger partial charge >= 0.3 is 0 Å². The van der Waals surface area contributed by atoms with E-state index in [1.807, 2.05) is 12.2 Å². The number of fused-ring (bicyclic) bond motifs is 3. The molecule has 1 N–H and O–H groups in total. The van der Waals surface area contributed by atoms with E-state index < -0.39 is 5.91 Å². The number of anilines is 1. The van der Waals surface area contributed by atoms with Crippen molar-refractivity contribution in [3.8, 4) is 0 Å². The van der Waals surface area contributed by atoms with Gasteiger partial charge in [-0.1, -0.05) is 12.2 Å². The lowest BCUT2D eigenvalue weighted by Gasteiger charge is -2.27. The van der Waals surface area contributed by atoms with Gasteiger partial charge in [-0.3, -0.25) is 4.79 Å². The van der Waals surface area contributed by atoms with Crippen LogP contribution < -0.4 is 5.32 Å². The highest BCUT2D eigenvalue weighted by Gasteiger charge is 2.30. The van der Waals surface area contributed by atoms with Gasteiger partial charge in [0.1, 0.15) is 5.69 Å². The Morgan fingerprint density at radius 3 is 3.28 bits per heavy atom. The molecule has 1 aromatic heterocycles. The van der Waals surface area contributed by atoms with Crippen LogP contribution in [0.15, 0.2) is 12.3 Å². The summed E-state index contributed by atoms with van der Waals surface area (Å²) in [5, 5.41) is 4.19. The van der Waals surface area contributed by atoms with Gasteiger partial charge < -0.3 is 5.32 Å². The number of hydrogen-bond acceptors (Lipinski definition) is 5. The molecule has 0 saturated carbocycles. The molecule has 3 rings (SSSR count).